The second kappa shape index (κ2) is 11.5. The number of nitrogens with zero attached hydrogens (tertiary/aromatic N) is 2. The molecule has 0 aliphatic rings. The molecule has 0 unspecified atom stereocenters. The van der Waals surface area contributed by atoms with E-state index in [0.29, 0.717) is 6.61 Å². The van der Waals surface area contributed by atoms with Gasteiger partial charge in [-0.3, -0.25) is 0 Å². The Morgan fingerprint density at radius 2 is 1.48 bits per heavy atom. The van der Waals surface area contributed by atoms with Gasteiger partial charge in [0.1, 0.15) is 22.4 Å². The zero-order valence-electron chi connectivity index (χ0n) is 17.4. The van der Waals surface area contributed by atoms with Crippen LogP contribution < -0.4 is 4.74 Å². The molecule has 0 amide bonds. The summed E-state index contributed by atoms with van der Waals surface area (Å²) in [6, 6.07) is 16.8. The molecule has 4 heteroatoms. The first-order valence-corrected chi connectivity index (χ1v) is 11.4. The zero-order chi connectivity index (χ0) is 20.3. The second-order valence-electron chi connectivity index (χ2n) is 7.15. The van der Waals surface area contributed by atoms with Gasteiger partial charge in [0.25, 0.3) is 0 Å². The van der Waals surface area contributed by atoms with E-state index in [9.17, 15) is 0 Å². The number of benzene rings is 2. The average Bonchev–Trinajstić information content (AvgIpc) is 3.23. The van der Waals surface area contributed by atoms with E-state index in [1.54, 1.807) is 11.3 Å². The van der Waals surface area contributed by atoms with Gasteiger partial charge in [-0.15, -0.1) is 10.2 Å². The van der Waals surface area contributed by atoms with Crippen LogP contribution in [-0.4, -0.2) is 16.8 Å². The molecule has 0 aliphatic carbocycles. The fourth-order valence-corrected chi connectivity index (χ4v) is 4.03. The van der Waals surface area contributed by atoms with Gasteiger partial charge < -0.3 is 4.74 Å². The number of aryl methyl sites for hydroxylation is 1. The fourth-order valence-electron chi connectivity index (χ4n) is 3.14. The van der Waals surface area contributed by atoms with Gasteiger partial charge in [0.05, 0.1) is 0 Å². The number of allylic oxidation sites excluding steroid dienone is 1. The summed E-state index contributed by atoms with van der Waals surface area (Å²) in [6.45, 7) is 4.85. The third kappa shape index (κ3) is 6.53. The first kappa shape index (κ1) is 21.3. The highest BCUT2D eigenvalue weighted by Gasteiger charge is 2.07. The number of hydrogen-bond acceptors (Lipinski definition) is 4. The van der Waals surface area contributed by atoms with E-state index in [1.807, 2.05) is 31.2 Å². The maximum atomic E-state index is 5.66. The maximum Gasteiger partial charge on any atom is 0.147 e. The predicted molar refractivity (Wildman–Crippen MR) is 124 cm³/mol. The Kier molecular flexibility index (Phi) is 8.44. The highest BCUT2D eigenvalue weighted by molar-refractivity contribution is 7.14. The summed E-state index contributed by atoms with van der Waals surface area (Å²) in [5.41, 5.74) is 3.50. The smallest absolute Gasteiger partial charge is 0.147 e. The molecule has 1 heterocycles. The topological polar surface area (TPSA) is 35.0 Å². The van der Waals surface area contributed by atoms with Crippen LogP contribution in [-0.2, 0) is 6.42 Å². The van der Waals surface area contributed by atoms with Gasteiger partial charge >= 0.3 is 0 Å². The van der Waals surface area contributed by atoms with Gasteiger partial charge in [0.2, 0.25) is 0 Å². The predicted octanol–water partition coefficient (Wildman–Crippen LogP) is 7.34. The molecule has 152 valence electrons. The summed E-state index contributed by atoms with van der Waals surface area (Å²) in [5.74, 6) is 0.888. The summed E-state index contributed by atoms with van der Waals surface area (Å²) in [4.78, 5) is 0. The molecule has 3 aromatic rings. The molecule has 0 fully saturated rings. The highest BCUT2D eigenvalue weighted by atomic mass is 32.1. The van der Waals surface area contributed by atoms with Gasteiger partial charge in [-0.25, -0.2) is 0 Å². The minimum Gasteiger partial charge on any atom is -0.490 e. The van der Waals surface area contributed by atoms with Gasteiger partial charge in [-0.05, 0) is 36.6 Å². The van der Waals surface area contributed by atoms with E-state index in [-0.39, 0.29) is 0 Å². The quantitative estimate of drug-likeness (QED) is 0.247. The molecule has 2 aromatic carbocycles. The van der Waals surface area contributed by atoms with Crippen LogP contribution >= 0.6 is 11.3 Å². The van der Waals surface area contributed by atoms with Crippen molar-refractivity contribution >= 4 is 11.3 Å². The molecule has 0 saturated carbocycles. The SMILES string of the molecule is C/C=C/COc1ccc(-c2ccc(-c3nnc(CCCCCCC)s3)cc2)cc1. The Morgan fingerprint density at radius 1 is 0.828 bits per heavy atom. The lowest BCUT2D eigenvalue weighted by atomic mass is 10.0. The molecule has 3 nitrogen and oxygen atoms in total. The van der Waals surface area contributed by atoms with Crippen molar-refractivity contribution in [2.24, 2.45) is 0 Å². The summed E-state index contributed by atoms with van der Waals surface area (Å²) >= 11 is 1.72. The molecule has 0 bridgehead atoms. The van der Waals surface area contributed by atoms with E-state index in [0.717, 1.165) is 27.7 Å². The fraction of sp³-hybridized carbons (Fsp3) is 0.360. The molecule has 0 radical (unpaired) electrons. The number of unbranched alkanes of at least 4 members (excludes halogenated alkanes) is 4. The first-order chi connectivity index (χ1) is 14.3. The Bertz CT molecular complexity index is 882. The third-order valence-electron chi connectivity index (χ3n) is 4.86. The van der Waals surface area contributed by atoms with Crippen LogP contribution in [0.4, 0.5) is 0 Å². The lowest BCUT2D eigenvalue weighted by molar-refractivity contribution is 0.363. The van der Waals surface area contributed by atoms with Crippen LogP contribution in [0.15, 0.2) is 60.7 Å². The summed E-state index contributed by atoms with van der Waals surface area (Å²) < 4.78 is 5.66. The Labute approximate surface area is 178 Å². The number of ether oxygens (including phenoxy) is 1. The number of rotatable bonds is 11. The number of aromatic nitrogens is 2. The standard InChI is InChI=1S/C25H30N2OS/c1-3-5-7-8-9-10-24-26-27-25(29-24)22-13-11-20(12-14-22)21-15-17-23(18-16-21)28-19-6-4-2/h4,6,11-18H,3,5,7-10,19H2,1-2H3/b6-4+. The summed E-state index contributed by atoms with van der Waals surface area (Å²) in [5, 5.41) is 10.9. The van der Waals surface area contributed by atoms with Crippen molar-refractivity contribution in [2.75, 3.05) is 6.61 Å². The monoisotopic (exact) mass is 406 g/mol. The Balaban J connectivity index is 1.57. The van der Waals surface area contributed by atoms with Crippen molar-refractivity contribution in [2.45, 2.75) is 52.4 Å². The Hall–Kier alpha value is -2.46. The van der Waals surface area contributed by atoms with Crippen LogP contribution in [0.2, 0.25) is 0 Å². The van der Waals surface area contributed by atoms with E-state index < -0.39 is 0 Å². The highest BCUT2D eigenvalue weighted by Crippen LogP contribution is 2.28. The van der Waals surface area contributed by atoms with Crippen molar-refractivity contribution in [1.82, 2.24) is 10.2 Å². The average molecular weight is 407 g/mol. The summed E-state index contributed by atoms with van der Waals surface area (Å²) in [7, 11) is 0. The van der Waals surface area contributed by atoms with E-state index in [4.69, 9.17) is 4.74 Å². The largest absolute Gasteiger partial charge is 0.490 e. The van der Waals surface area contributed by atoms with Gasteiger partial charge in [-0.2, -0.15) is 0 Å². The molecule has 0 saturated heterocycles. The van der Waals surface area contributed by atoms with Crippen molar-refractivity contribution in [3.8, 4) is 27.4 Å². The van der Waals surface area contributed by atoms with E-state index in [2.05, 4.69) is 53.5 Å². The maximum absolute atomic E-state index is 5.66. The molecular formula is C25H30N2OS. The molecule has 29 heavy (non-hydrogen) atoms. The van der Waals surface area contributed by atoms with Crippen LogP contribution in [0.3, 0.4) is 0 Å². The lowest BCUT2D eigenvalue weighted by Crippen LogP contribution is -1.92. The Morgan fingerprint density at radius 3 is 2.17 bits per heavy atom. The third-order valence-corrected chi connectivity index (χ3v) is 5.89. The van der Waals surface area contributed by atoms with Gasteiger partial charge in [0.15, 0.2) is 0 Å². The zero-order valence-corrected chi connectivity index (χ0v) is 18.3. The van der Waals surface area contributed by atoms with Crippen LogP contribution in [0.25, 0.3) is 21.7 Å². The molecule has 0 atom stereocenters. The van der Waals surface area contributed by atoms with Crippen molar-refractivity contribution < 1.29 is 4.74 Å². The second-order valence-corrected chi connectivity index (χ2v) is 8.21. The number of hydrogen-bond donors (Lipinski definition) is 0. The normalized spacial score (nSPS) is 11.2. The molecule has 3 rings (SSSR count). The van der Waals surface area contributed by atoms with E-state index >= 15 is 0 Å². The van der Waals surface area contributed by atoms with Crippen molar-refractivity contribution in [1.29, 1.82) is 0 Å². The molecular weight excluding hydrogens is 376 g/mol. The van der Waals surface area contributed by atoms with Crippen LogP contribution in [0.5, 0.6) is 5.75 Å². The summed E-state index contributed by atoms with van der Waals surface area (Å²) in [6.07, 6.45) is 11.5. The minimum atomic E-state index is 0.604. The molecule has 0 spiro atoms. The molecule has 1 aromatic heterocycles. The van der Waals surface area contributed by atoms with Gasteiger partial charge in [-0.1, -0.05) is 92.5 Å². The van der Waals surface area contributed by atoms with Crippen LogP contribution in [0.1, 0.15) is 51.0 Å². The van der Waals surface area contributed by atoms with Crippen molar-refractivity contribution in [3.05, 3.63) is 65.7 Å². The van der Waals surface area contributed by atoms with E-state index in [1.165, 1.54) is 43.2 Å². The first-order valence-electron chi connectivity index (χ1n) is 10.6. The van der Waals surface area contributed by atoms with Crippen LogP contribution in [0, 0.1) is 0 Å². The lowest BCUT2D eigenvalue weighted by Gasteiger charge is -2.06. The molecule has 0 aliphatic heterocycles. The molecule has 0 N–H and O–H groups in total. The van der Waals surface area contributed by atoms with Gasteiger partial charge in [0, 0.05) is 12.0 Å². The minimum absolute atomic E-state index is 0.604. The van der Waals surface area contributed by atoms with Crippen molar-refractivity contribution in [3.63, 3.8) is 0 Å².